The Morgan fingerprint density at radius 1 is 1.10 bits per heavy atom. The summed E-state index contributed by atoms with van der Waals surface area (Å²) in [6.07, 6.45) is 1.71. The largest absolute Gasteiger partial charge is 0.467 e. The molecule has 1 N–H and O–H groups in total. The highest BCUT2D eigenvalue weighted by Gasteiger charge is 2.18. The number of furan rings is 1. The fraction of sp³-hybridized carbons (Fsp3) is 0.143. The van der Waals surface area contributed by atoms with E-state index in [4.69, 9.17) is 9.68 Å². The second-order valence-electron chi connectivity index (χ2n) is 6.35. The summed E-state index contributed by atoms with van der Waals surface area (Å²) in [5, 5.41) is 8.87. The zero-order valence-electron chi connectivity index (χ0n) is 15.8. The van der Waals surface area contributed by atoms with Crippen LogP contribution in [0, 0.1) is 11.3 Å². The highest BCUT2D eigenvalue weighted by molar-refractivity contribution is 9.10. The number of nitrogens with one attached hydrogen (secondary N) is 1. The van der Waals surface area contributed by atoms with E-state index in [1.807, 2.05) is 6.07 Å². The van der Waals surface area contributed by atoms with Crippen LogP contribution in [0.5, 0.6) is 0 Å². The summed E-state index contributed by atoms with van der Waals surface area (Å²) in [5.74, 6) is 0.337. The Morgan fingerprint density at radius 3 is 2.40 bits per heavy atom. The van der Waals surface area contributed by atoms with E-state index in [-0.39, 0.29) is 30.3 Å². The monoisotopic (exact) mass is 487 g/mol. The maximum atomic E-state index is 12.9. The second-order valence-corrected chi connectivity index (χ2v) is 8.95. The third-order valence-electron chi connectivity index (χ3n) is 4.22. The minimum atomic E-state index is -3.74. The van der Waals surface area contributed by atoms with Gasteiger partial charge in [-0.15, -0.1) is 0 Å². The smallest absolute Gasteiger partial charge is 0.261 e. The van der Waals surface area contributed by atoms with Crippen LogP contribution in [-0.2, 0) is 16.6 Å². The number of sulfonamides is 1. The van der Waals surface area contributed by atoms with Crippen molar-refractivity contribution in [2.45, 2.75) is 17.9 Å². The van der Waals surface area contributed by atoms with Gasteiger partial charge in [0.1, 0.15) is 5.76 Å². The van der Waals surface area contributed by atoms with Crippen LogP contribution in [0.25, 0.3) is 0 Å². The molecule has 0 saturated carbocycles. The molecule has 0 saturated heterocycles. The van der Waals surface area contributed by atoms with Gasteiger partial charge in [0.05, 0.1) is 30.2 Å². The predicted molar refractivity (Wildman–Crippen MR) is 115 cm³/mol. The van der Waals surface area contributed by atoms with E-state index in [1.165, 1.54) is 35.4 Å². The predicted octanol–water partition coefficient (Wildman–Crippen LogP) is 4.40. The molecule has 154 valence electrons. The third-order valence-corrected chi connectivity index (χ3v) is 6.14. The van der Waals surface area contributed by atoms with Crippen LogP contribution in [0.15, 0.2) is 80.7 Å². The van der Waals surface area contributed by atoms with Gasteiger partial charge in [0.15, 0.2) is 0 Å². The number of nitriles is 1. The Bertz CT molecular complexity index is 1140. The zero-order chi connectivity index (χ0) is 21.6. The number of carbonyl (C=O) groups is 1. The average molecular weight is 488 g/mol. The molecule has 0 unspecified atom stereocenters. The summed E-state index contributed by atoms with van der Waals surface area (Å²) in [4.78, 5) is 14.5. The molecule has 0 aliphatic carbocycles. The van der Waals surface area contributed by atoms with Crippen molar-refractivity contribution in [1.29, 1.82) is 5.26 Å². The van der Waals surface area contributed by atoms with Crippen LogP contribution < -0.4 is 4.72 Å². The van der Waals surface area contributed by atoms with Gasteiger partial charge in [0, 0.05) is 22.3 Å². The topological polar surface area (TPSA) is 103 Å². The second kappa shape index (κ2) is 9.61. The number of carbonyl (C=O) groups excluding carboxylic acids is 1. The van der Waals surface area contributed by atoms with Gasteiger partial charge in [-0.2, -0.15) is 5.26 Å². The van der Waals surface area contributed by atoms with Gasteiger partial charge in [0.25, 0.3) is 15.9 Å². The molecular formula is C21H18BrN3O4S. The number of hydrogen-bond donors (Lipinski definition) is 1. The molecule has 3 aromatic rings. The first-order valence-electron chi connectivity index (χ1n) is 8.96. The molecule has 0 spiro atoms. The minimum absolute atomic E-state index is 0.131. The summed E-state index contributed by atoms with van der Waals surface area (Å²) in [5.41, 5.74) is 0.718. The molecule has 1 heterocycles. The summed E-state index contributed by atoms with van der Waals surface area (Å²) in [7, 11) is -3.74. The third kappa shape index (κ3) is 5.49. The fourth-order valence-electron chi connectivity index (χ4n) is 2.72. The normalized spacial score (nSPS) is 10.9. The van der Waals surface area contributed by atoms with Gasteiger partial charge in [0.2, 0.25) is 0 Å². The number of benzene rings is 2. The standard InChI is InChI=1S/C21H18BrN3O4S/c22-17-6-10-20(11-7-17)30(27,28)24-18-8-4-16(5-9-18)21(26)25(13-2-12-23)15-19-3-1-14-29-19/h1,3-11,14,24H,2,13,15H2. The van der Waals surface area contributed by atoms with Crippen molar-refractivity contribution in [2.24, 2.45) is 0 Å². The lowest BCUT2D eigenvalue weighted by molar-refractivity contribution is 0.0735. The van der Waals surface area contributed by atoms with Gasteiger partial charge in [-0.1, -0.05) is 15.9 Å². The molecule has 1 aromatic heterocycles. The van der Waals surface area contributed by atoms with Crippen molar-refractivity contribution in [3.63, 3.8) is 0 Å². The molecule has 3 rings (SSSR count). The van der Waals surface area contributed by atoms with Gasteiger partial charge in [-0.05, 0) is 60.7 Å². The average Bonchev–Trinajstić information content (AvgIpc) is 3.24. The van der Waals surface area contributed by atoms with Gasteiger partial charge >= 0.3 is 0 Å². The Hall–Kier alpha value is -3.09. The minimum Gasteiger partial charge on any atom is -0.467 e. The van der Waals surface area contributed by atoms with Crippen molar-refractivity contribution in [3.8, 4) is 6.07 Å². The van der Waals surface area contributed by atoms with E-state index in [1.54, 1.807) is 36.4 Å². The molecule has 9 heteroatoms. The first kappa shape index (κ1) is 21.6. The SMILES string of the molecule is N#CCCN(Cc1ccco1)C(=O)c1ccc(NS(=O)(=O)c2ccc(Br)cc2)cc1. The quantitative estimate of drug-likeness (QED) is 0.506. The summed E-state index contributed by atoms with van der Waals surface area (Å²) < 4.78 is 33.6. The van der Waals surface area contributed by atoms with E-state index >= 15 is 0 Å². The summed E-state index contributed by atoms with van der Waals surface area (Å²) in [6, 6.07) is 17.9. The number of hydrogen-bond acceptors (Lipinski definition) is 5. The van der Waals surface area contributed by atoms with Gasteiger partial charge in [-0.25, -0.2) is 8.42 Å². The van der Waals surface area contributed by atoms with Crippen LogP contribution in [0.4, 0.5) is 5.69 Å². The number of nitrogens with zero attached hydrogens (tertiary/aromatic N) is 2. The summed E-state index contributed by atoms with van der Waals surface area (Å²) in [6.45, 7) is 0.499. The first-order valence-corrected chi connectivity index (χ1v) is 11.2. The highest BCUT2D eigenvalue weighted by atomic mass is 79.9. The van der Waals surface area contributed by atoms with Crippen molar-refractivity contribution in [2.75, 3.05) is 11.3 Å². The molecule has 1 amide bonds. The number of anilines is 1. The molecule has 0 radical (unpaired) electrons. The molecule has 0 atom stereocenters. The molecule has 0 aliphatic heterocycles. The Balaban J connectivity index is 1.73. The number of halogens is 1. The van der Waals surface area contributed by atoms with E-state index in [2.05, 4.69) is 20.7 Å². The fourth-order valence-corrected chi connectivity index (χ4v) is 4.04. The van der Waals surface area contributed by atoms with Crippen LogP contribution in [0.3, 0.4) is 0 Å². The van der Waals surface area contributed by atoms with Gasteiger partial charge < -0.3 is 9.32 Å². The molecule has 0 bridgehead atoms. The lowest BCUT2D eigenvalue weighted by atomic mass is 10.1. The number of amides is 1. The van der Waals surface area contributed by atoms with Crippen molar-refractivity contribution >= 4 is 37.5 Å². The van der Waals surface area contributed by atoms with Crippen LogP contribution in [-0.4, -0.2) is 25.8 Å². The Labute approximate surface area is 183 Å². The van der Waals surface area contributed by atoms with E-state index < -0.39 is 10.0 Å². The lowest BCUT2D eigenvalue weighted by Gasteiger charge is -2.20. The molecule has 7 nitrogen and oxygen atoms in total. The van der Waals surface area contributed by atoms with Crippen LogP contribution in [0.2, 0.25) is 0 Å². The lowest BCUT2D eigenvalue weighted by Crippen LogP contribution is -2.31. The van der Waals surface area contributed by atoms with E-state index in [0.717, 1.165) is 4.47 Å². The molecule has 2 aromatic carbocycles. The first-order chi connectivity index (χ1) is 14.4. The zero-order valence-corrected chi connectivity index (χ0v) is 18.2. The van der Waals surface area contributed by atoms with Gasteiger partial charge in [-0.3, -0.25) is 9.52 Å². The van der Waals surface area contributed by atoms with Crippen LogP contribution in [0.1, 0.15) is 22.5 Å². The van der Waals surface area contributed by atoms with Crippen LogP contribution >= 0.6 is 15.9 Å². The van der Waals surface area contributed by atoms with Crippen molar-refractivity contribution in [3.05, 3.63) is 82.7 Å². The van der Waals surface area contributed by atoms with E-state index in [0.29, 0.717) is 17.0 Å². The maximum absolute atomic E-state index is 12.9. The van der Waals surface area contributed by atoms with E-state index in [9.17, 15) is 13.2 Å². The maximum Gasteiger partial charge on any atom is 0.261 e. The molecule has 0 aliphatic rings. The summed E-state index contributed by atoms with van der Waals surface area (Å²) >= 11 is 3.27. The molecule has 0 fully saturated rings. The molecular weight excluding hydrogens is 470 g/mol. The highest BCUT2D eigenvalue weighted by Crippen LogP contribution is 2.20. The van der Waals surface area contributed by atoms with Crippen molar-refractivity contribution < 1.29 is 17.6 Å². The Kier molecular flexibility index (Phi) is 6.92. The Morgan fingerprint density at radius 2 is 1.80 bits per heavy atom. The number of rotatable bonds is 8. The molecule has 30 heavy (non-hydrogen) atoms. The van der Waals surface area contributed by atoms with Crippen molar-refractivity contribution in [1.82, 2.24) is 4.90 Å².